The third-order valence-electron chi connectivity index (χ3n) is 2.12. The van der Waals surface area contributed by atoms with Gasteiger partial charge >= 0.3 is 0 Å². The van der Waals surface area contributed by atoms with Crippen molar-refractivity contribution in [1.29, 1.82) is 0 Å². The molecule has 1 fully saturated rings. The monoisotopic (exact) mass is 241 g/mol. The van der Waals surface area contributed by atoms with Gasteiger partial charge < -0.3 is 10.1 Å². The van der Waals surface area contributed by atoms with E-state index in [1.165, 1.54) is 5.56 Å². The summed E-state index contributed by atoms with van der Waals surface area (Å²) >= 11 is 3.47. The predicted molar refractivity (Wildman–Crippen MR) is 56.2 cm³/mol. The highest BCUT2D eigenvalue weighted by molar-refractivity contribution is 9.10. The molecule has 1 aliphatic heterocycles. The number of benzene rings is 1. The molecule has 1 saturated heterocycles. The Balaban J connectivity index is 2.13. The van der Waals surface area contributed by atoms with E-state index in [1.54, 1.807) is 0 Å². The third-order valence-corrected chi connectivity index (χ3v) is 2.78. The molecular weight excluding hydrogens is 230 g/mol. The summed E-state index contributed by atoms with van der Waals surface area (Å²) in [5.41, 5.74) is 1.23. The minimum absolute atomic E-state index is 0.345. The molecule has 0 amide bonds. The number of nitrogens with one attached hydrogen (secondary N) is 1. The smallest absolute Gasteiger partial charge is 0.134 e. The summed E-state index contributed by atoms with van der Waals surface area (Å²) in [4.78, 5) is 0. The molecule has 1 N–H and O–H groups in total. The van der Waals surface area contributed by atoms with Crippen molar-refractivity contribution in [3.05, 3.63) is 28.2 Å². The van der Waals surface area contributed by atoms with Crippen LogP contribution in [0.1, 0.15) is 5.56 Å². The number of hydrogen-bond donors (Lipinski definition) is 1. The average Bonchev–Trinajstić information content (AvgIpc) is 2.03. The van der Waals surface area contributed by atoms with Gasteiger partial charge in [0.25, 0.3) is 0 Å². The molecule has 0 atom stereocenters. The van der Waals surface area contributed by atoms with Crippen molar-refractivity contribution in [1.82, 2.24) is 5.32 Å². The maximum atomic E-state index is 5.75. The van der Waals surface area contributed by atoms with E-state index in [0.29, 0.717) is 6.10 Å². The van der Waals surface area contributed by atoms with Gasteiger partial charge in [0.1, 0.15) is 11.9 Å². The van der Waals surface area contributed by atoms with Gasteiger partial charge in [0.2, 0.25) is 0 Å². The average molecular weight is 242 g/mol. The molecule has 0 bridgehead atoms. The number of rotatable bonds is 2. The largest absolute Gasteiger partial charge is 0.487 e. The zero-order chi connectivity index (χ0) is 9.26. The van der Waals surface area contributed by atoms with E-state index in [4.69, 9.17) is 4.74 Å². The van der Waals surface area contributed by atoms with Crippen LogP contribution in [0.2, 0.25) is 0 Å². The Bertz CT molecular complexity index is 310. The molecule has 0 spiro atoms. The molecule has 70 valence electrons. The standard InChI is InChI=1S/C10H12BrNO/c1-7-2-3-9(11)10(4-7)13-8-5-12-6-8/h2-4,8,12H,5-6H2,1H3. The van der Waals surface area contributed by atoms with Gasteiger partial charge in [-0.25, -0.2) is 0 Å². The van der Waals surface area contributed by atoms with Crippen molar-refractivity contribution in [2.75, 3.05) is 13.1 Å². The first kappa shape index (κ1) is 9.03. The fourth-order valence-electron chi connectivity index (χ4n) is 1.23. The van der Waals surface area contributed by atoms with Crippen LogP contribution in [0.4, 0.5) is 0 Å². The third kappa shape index (κ3) is 2.03. The molecule has 1 aromatic carbocycles. The van der Waals surface area contributed by atoms with Crippen LogP contribution >= 0.6 is 15.9 Å². The van der Waals surface area contributed by atoms with Gasteiger partial charge in [-0.05, 0) is 40.5 Å². The Kier molecular flexibility index (Phi) is 2.56. The van der Waals surface area contributed by atoms with Gasteiger partial charge in [0.15, 0.2) is 0 Å². The van der Waals surface area contributed by atoms with E-state index in [9.17, 15) is 0 Å². The van der Waals surface area contributed by atoms with Crippen molar-refractivity contribution in [2.24, 2.45) is 0 Å². The lowest BCUT2D eigenvalue weighted by atomic mass is 10.2. The summed E-state index contributed by atoms with van der Waals surface area (Å²) in [5, 5.41) is 3.18. The van der Waals surface area contributed by atoms with Crippen molar-refractivity contribution < 1.29 is 4.74 Å². The highest BCUT2D eigenvalue weighted by Gasteiger charge is 2.19. The highest BCUT2D eigenvalue weighted by atomic mass is 79.9. The number of halogens is 1. The fourth-order valence-corrected chi connectivity index (χ4v) is 1.57. The summed E-state index contributed by atoms with van der Waals surface area (Å²) in [6.45, 7) is 3.99. The molecule has 0 aliphatic carbocycles. The molecule has 2 nitrogen and oxygen atoms in total. The molecule has 0 aromatic heterocycles. The fraction of sp³-hybridized carbons (Fsp3) is 0.400. The van der Waals surface area contributed by atoms with Crippen molar-refractivity contribution >= 4 is 15.9 Å². The van der Waals surface area contributed by atoms with Gasteiger partial charge in [-0.2, -0.15) is 0 Å². The van der Waals surface area contributed by atoms with Crippen molar-refractivity contribution in [2.45, 2.75) is 13.0 Å². The van der Waals surface area contributed by atoms with Crippen LogP contribution in [0.15, 0.2) is 22.7 Å². The first-order valence-electron chi connectivity index (χ1n) is 4.39. The lowest BCUT2D eigenvalue weighted by molar-refractivity contribution is 0.141. The molecular formula is C10H12BrNO. The molecule has 3 heteroatoms. The Morgan fingerprint density at radius 3 is 2.85 bits per heavy atom. The van der Waals surface area contributed by atoms with E-state index >= 15 is 0 Å². The molecule has 0 saturated carbocycles. The maximum Gasteiger partial charge on any atom is 0.134 e. The SMILES string of the molecule is Cc1ccc(Br)c(OC2CNC2)c1. The summed E-state index contributed by atoms with van der Waals surface area (Å²) in [6, 6.07) is 6.15. The Hall–Kier alpha value is -0.540. The van der Waals surface area contributed by atoms with Crippen LogP contribution in [-0.4, -0.2) is 19.2 Å². The Morgan fingerprint density at radius 1 is 1.46 bits per heavy atom. The van der Waals surface area contributed by atoms with Crippen LogP contribution in [-0.2, 0) is 0 Å². The first-order valence-corrected chi connectivity index (χ1v) is 5.18. The molecule has 2 rings (SSSR count). The van der Waals surface area contributed by atoms with E-state index in [0.717, 1.165) is 23.3 Å². The van der Waals surface area contributed by atoms with E-state index in [1.807, 2.05) is 6.07 Å². The van der Waals surface area contributed by atoms with Crippen LogP contribution in [0.3, 0.4) is 0 Å². The maximum absolute atomic E-state index is 5.75. The van der Waals surface area contributed by atoms with E-state index < -0.39 is 0 Å². The summed E-state index contributed by atoms with van der Waals surface area (Å²) in [5.74, 6) is 0.950. The van der Waals surface area contributed by atoms with Gasteiger partial charge in [0, 0.05) is 13.1 Å². The van der Waals surface area contributed by atoms with Crippen LogP contribution < -0.4 is 10.1 Å². The second-order valence-corrected chi connectivity index (χ2v) is 4.19. The zero-order valence-electron chi connectivity index (χ0n) is 7.51. The van der Waals surface area contributed by atoms with Crippen LogP contribution in [0, 0.1) is 6.92 Å². The van der Waals surface area contributed by atoms with Crippen molar-refractivity contribution in [3.8, 4) is 5.75 Å². The van der Waals surface area contributed by atoms with E-state index in [2.05, 4.69) is 40.3 Å². The van der Waals surface area contributed by atoms with Crippen LogP contribution in [0.25, 0.3) is 0 Å². The lowest BCUT2D eigenvalue weighted by Gasteiger charge is -2.28. The quantitative estimate of drug-likeness (QED) is 0.857. The Morgan fingerprint density at radius 2 is 2.23 bits per heavy atom. The Labute approximate surface area is 86.4 Å². The molecule has 13 heavy (non-hydrogen) atoms. The molecule has 1 heterocycles. The minimum atomic E-state index is 0.345. The molecule has 0 radical (unpaired) electrons. The molecule has 1 aromatic rings. The second-order valence-electron chi connectivity index (χ2n) is 3.33. The van der Waals surface area contributed by atoms with Gasteiger partial charge in [0.05, 0.1) is 4.47 Å². The zero-order valence-corrected chi connectivity index (χ0v) is 9.10. The first-order chi connectivity index (χ1) is 6.25. The van der Waals surface area contributed by atoms with Gasteiger partial charge in [-0.3, -0.25) is 0 Å². The van der Waals surface area contributed by atoms with Gasteiger partial charge in [-0.1, -0.05) is 6.07 Å². The van der Waals surface area contributed by atoms with Crippen molar-refractivity contribution in [3.63, 3.8) is 0 Å². The highest BCUT2D eigenvalue weighted by Crippen LogP contribution is 2.27. The number of aryl methyl sites for hydroxylation is 1. The summed E-state index contributed by atoms with van der Waals surface area (Å²) in [6.07, 6.45) is 0.345. The topological polar surface area (TPSA) is 21.3 Å². The second kappa shape index (κ2) is 3.68. The normalized spacial score (nSPS) is 16.8. The van der Waals surface area contributed by atoms with Crippen LogP contribution in [0.5, 0.6) is 5.75 Å². The molecule has 0 unspecified atom stereocenters. The summed E-state index contributed by atoms with van der Waals surface area (Å²) in [7, 11) is 0. The lowest BCUT2D eigenvalue weighted by Crippen LogP contribution is -2.50. The molecule has 1 aliphatic rings. The number of ether oxygens (including phenoxy) is 1. The predicted octanol–water partition coefficient (Wildman–Crippen LogP) is 2.11. The minimum Gasteiger partial charge on any atom is -0.487 e. The number of hydrogen-bond acceptors (Lipinski definition) is 2. The summed E-state index contributed by atoms with van der Waals surface area (Å²) < 4.78 is 6.78. The van der Waals surface area contributed by atoms with E-state index in [-0.39, 0.29) is 0 Å². The van der Waals surface area contributed by atoms with Gasteiger partial charge in [-0.15, -0.1) is 0 Å².